The third-order valence-corrected chi connectivity index (χ3v) is 6.82. The molecule has 0 amide bonds. The first-order valence-corrected chi connectivity index (χ1v) is 10.2. The van der Waals surface area contributed by atoms with Crippen LogP contribution in [0.25, 0.3) is 0 Å². The standard InChI is InChI=1S/C21H18N2O4S/c1-15-7-13-19(14-8-15)28(26,27)22-20(16-5-3-2-4-6-16)21(22)17-9-11-18(12-10-17)23(24)25/h2-14,20-21H,1H3/t20-,21+,22?/m1/s1. The number of sulfonamides is 1. The minimum absolute atomic E-state index is 0.0198. The van der Waals surface area contributed by atoms with Crippen LogP contribution in [0, 0.1) is 17.0 Å². The monoisotopic (exact) mass is 394 g/mol. The van der Waals surface area contributed by atoms with Crippen LogP contribution in [0.4, 0.5) is 5.69 Å². The van der Waals surface area contributed by atoms with Crippen LogP contribution in [-0.4, -0.2) is 17.6 Å². The molecule has 0 bridgehead atoms. The highest BCUT2D eigenvalue weighted by molar-refractivity contribution is 7.89. The van der Waals surface area contributed by atoms with Crippen LogP contribution < -0.4 is 0 Å². The smallest absolute Gasteiger partial charge is 0.258 e. The Bertz CT molecular complexity index is 1110. The Kier molecular flexibility index (Phi) is 4.49. The Morgan fingerprint density at radius 1 is 0.821 bits per heavy atom. The molecule has 3 aromatic carbocycles. The van der Waals surface area contributed by atoms with Crippen molar-refractivity contribution in [1.29, 1.82) is 0 Å². The van der Waals surface area contributed by atoms with Gasteiger partial charge in [-0.05, 0) is 30.2 Å². The van der Waals surface area contributed by atoms with E-state index in [1.165, 1.54) is 16.4 Å². The number of nitro groups is 1. The summed E-state index contributed by atoms with van der Waals surface area (Å²) in [5.74, 6) is 0. The number of benzene rings is 3. The average molecular weight is 394 g/mol. The third-order valence-electron chi connectivity index (χ3n) is 4.94. The van der Waals surface area contributed by atoms with Gasteiger partial charge in [0, 0.05) is 12.1 Å². The lowest BCUT2D eigenvalue weighted by Gasteiger charge is -2.07. The van der Waals surface area contributed by atoms with Gasteiger partial charge in [0.2, 0.25) is 10.0 Å². The second kappa shape index (κ2) is 6.85. The van der Waals surface area contributed by atoms with Crippen molar-refractivity contribution in [2.75, 3.05) is 0 Å². The summed E-state index contributed by atoms with van der Waals surface area (Å²) in [5.41, 5.74) is 2.58. The molecule has 0 aromatic heterocycles. The van der Waals surface area contributed by atoms with E-state index in [9.17, 15) is 18.5 Å². The molecule has 1 saturated heterocycles. The number of hydrogen-bond acceptors (Lipinski definition) is 4. The number of hydrogen-bond donors (Lipinski definition) is 0. The van der Waals surface area contributed by atoms with Crippen LogP contribution in [0.1, 0.15) is 28.8 Å². The van der Waals surface area contributed by atoms with Gasteiger partial charge in [-0.3, -0.25) is 10.1 Å². The molecule has 4 rings (SSSR count). The van der Waals surface area contributed by atoms with Gasteiger partial charge in [-0.1, -0.05) is 60.2 Å². The predicted octanol–water partition coefficient (Wildman–Crippen LogP) is 4.39. The molecule has 0 N–H and O–H groups in total. The lowest BCUT2D eigenvalue weighted by atomic mass is 10.0. The van der Waals surface area contributed by atoms with Crippen molar-refractivity contribution < 1.29 is 13.3 Å². The quantitative estimate of drug-likeness (QED) is 0.365. The molecule has 3 aromatic rings. The van der Waals surface area contributed by atoms with Crippen LogP contribution in [0.15, 0.2) is 83.8 Å². The van der Waals surface area contributed by atoms with Crippen molar-refractivity contribution in [2.45, 2.75) is 23.9 Å². The number of nitrogens with zero attached hydrogens (tertiary/aromatic N) is 2. The van der Waals surface area contributed by atoms with Gasteiger partial charge in [0.15, 0.2) is 0 Å². The Labute approximate surface area is 163 Å². The van der Waals surface area contributed by atoms with Gasteiger partial charge >= 0.3 is 0 Å². The van der Waals surface area contributed by atoms with Crippen molar-refractivity contribution in [2.24, 2.45) is 0 Å². The Balaban J connectivity index is 1.75. The number of nitro benzene ring substituents is 1. The molecule has 142 valence electrons. The molecule has 1 unspecified atom stereocenters. The fraction of sp³-hybridized carbons (Fsp3) is 0.143. The fourth-order valence-corrected chi connectivity index (χ4v) is 5.19. The van der Waals surface area contributed by atoms with E-state index in [1.807, 2.05) is 37.3 Å². The number of non-ortho nitro benzene ring substituents is 1. The molecule has 0 radical (unpaired) electrons. The topological polar surface area (TPSA) is 80.3 Å². The van der Waals surface area contributed by atoms with Crippen molar-refractivity contribution in [3.63, 3.8) is 0 Å². The maximum Gasteiger partial charge on any atom is 0.269 e. The normalized spacial score (nSPS) is 21.2. The van der Waals surface area contributed by atoms with Gasteiger partial charge in [-0.2, -0.15) is 4.31 Å². The minimum atomic E-state index is -3.70. The molecule has 1 aliphatic heterocycles. The summed E-state index contributed by atoms with van der Waals surface area (Å²) in [6.07, 6.45) is 0. The molecule has 7 heteroatoms. The molecule has 1 fully saturated rings. The molecule has 0 spiro atoms. The number of rotatable bonds is 5. The first-order valence-electron chi connectivity index (χ1n) is 8.79. The lowest BCUT2D eigenvalue weighted by molar-refractivity contribution is -0.384. The van der Waals surface area contributed by atoms with Gasteiger partial charge in [0.05, 0.1) is 21.9 Å². The third kappa shape index (κ3) is 3.19. The highest BCUT2D eigenvalue weighted by atomic mass is 32.2. The van der Waals surface area contributed by atoms with E-state index >= 15 is 0 Å². The molecule has 0 saturated carbocycles. The van der Waals surface area contributed by atoms with Crippen molar-refractivity contribution >= 4 is 15.7 Å². The van der Waals surface area contributed by atoms with E-state index in [0.717, 1.165) is 16.7 Å². The van der Waals surface area contributed by atoms with Gasteiger partial charge in [0.25, 0.3) is 5.69 Å². The van der Waals surface area contributed by atoms with Crippen molar-refractivity contribution in [1.82, 2.24) is 4.31 Å². The second-order valence-electron chi connectivity index (χ2n) is 6.80. The van der Waals surface area contributed by atoms with E-state index in [4.69, 9.17) is 0 Å². The summed E-state index contributed by atoms with van der Waals surface area (Å²) in [6, 6.07) is 21.5. The zero-order valence-electron chi connectivity index (χ0n) is 15.1. The van der Waals surface area contributed by atoms with E-state index in [0.29, 0.717) is 0 Å². The van der Waals surface area contributed by atoms with E-state index in [1.54, 1.807) is 36.4 Å². The summed E-state index contributed by atoms with van der Waals surface area (Å²) < 4.78 is 28.0. The largest absolute Gasteiger partial charge is 0.269 e. The molecule has 28 heavy (non-hydrogen) atoms. The molecular formula is C21H18N2O4S. The Morgan fingerprint density at radius 3 is 1.89 bits per heavy atom. The highest BCUT2D eigenvalue weighted by Gasteiger charge is 2.56. The molecule has 1 aliphatic rings. The summed E-state index contributed by atoms with van der Waals surface area (Å²) in [6.45, 7) is 1.90. The van der Waals surface area contributed by atoms with E-state index in [2.05, 4.69) is 0 Å². The maximum atomic E-state index is 13.3. The van der Waals surface area contributed by atoms with Gasteiger partial charge in [-0.15, -0.1) is 0 Å². The number of aryl methyl sites for hydroxylation is 1. The van der Waals surface area contributed by atoms with Crippen LogP contribution in [0.5, 0.6) is 0 Å². The molecule has 0 aliphatic carbocycles. The minimum Gasteiger partial charge on any atom is -0.258 e. The van der Waals surface area contributed by atoms with Crippen LogP contribution in [0.3, 0.4) is 0 Å². The SMILES string of the molecule is Cc1ccc(S(=O)(=O)N2[C@H](c3ccccc3)[C@@H]2c2ccc([N+](=O)[O-])cc2)cc1. The van der Waals surface area contributed by atoms with Crippen LogP contribution in [0.2, 0.25) is 0 Å². The van der Waals surface area contributed by atoms with E-state index in [-0.39, 0.29) is 16.6 Å². The predicted molar refractivity (Wildman–Crippen MR) is 105 cm³/mol. The van der Waals surface area contributed by atoms with Gasteiger partial charge < -0.3 is 0 Å². The van der Waals surface area contributed by atoms with Gasteiger partial charge in [0.1, 0.15) is 0 Å². The Morgan fingerprint density at radius 2 is 1.36 bits per heavy atom. The summed E-state index contributed by atoms with van der Waals surface area (Å²) in [5, 5.41) is 10.9. The fourth-order valence-electron chi connectivity index (χ4n) is 3.44. The average Bonchev–Trinajstić information content (AvgIpc) is 3.46. The first-order chi connectivity index (χ1) is 13.4. The second-order valence-corrected chi connectivity index (χ2v) is 8.64. The maximum absolute atomic E-state index is 13.3. The molecule has 6 nitrogen and oxygen atoms in total. The van der Waals surface area contributed by atoms with Gasteiger partial charge in [-0.25, -0.2) is 8.42 Å². The van der Waals surface area contributed by atoms with Crippen LogP contribution >= 0.6 is 0 Å². The molecule has 3 atom stereocenters. The summed E-state index contributed by atoms with van der Waals surface area (Å²) >= 11 is 0. The zero-order valence-corrected chi connectivity index (χ0v) is 15.9. The molecule has 1 heterocycles. The van der Waals surface area contributed by atoms with E-state index < -0.39 is 21.0 Å². The van der Waals surface area contributed by atoms with Crippen LogP contribution in [-0.2, 0) is 10.0 Å². The lowest BCUT2D eigenvalue weighted by Crippen LogP contribution is -2.13. The zero-order chi connectivity index (χ0) is 19.9. The van der Waals surface area contributed by atoms with Crippen molar-refractivity contribution in [3.8, 4) is 0 Å². The summed E-state index contributed by atoms with van der Waals surface area (Å²) in [7, 11) is -3.70. The highest BCUT2D eigenvalue weighted by Crippen LogP contribution is 2.57. The molecular weight excluding hydrogens is 376 g/mol. The first kappa shape index (κ1) is 18.3. The van der Waals surface area contributed by atoms with Crippen molar-refractivity contribution in [3.05, 3.63) is 106 Å². The summed E-state index contributed by atoms with van der Waals surface area (Å²) in [4.78, 5) is 10.7. The Hall–Kier alpha value is -3.03.